The molecule has 3 heteroatoms. The minimum absolute atomic E-state index is 0.0143. The van der Waals surface area contributed by atoms with Gasteiger partial charge in [0, 0.05) is 0 Å². The van der Waals surface area contributed by atoms with E-state index in [0.717, 1.165) is 29.7 Å². The number of rotatable bonds is 5. The van der Waals surface area contributed by atoms with Crippen molar-refractivity contribution < 1.29 is 9.53 Å². The van der Waals surface area contributed by atoms with Crippen LogP contribution in [0.4, 0.5) is 0 Å². The predicted molar refractivity (Wildman–Crippen MR) is 86.9 cm³/mol. The first-order valence-corrected chi connectivity index (χ1v) is 7.66. The quantitative estimate of drug-likeness (QED) is 0.915. The van der Waals surface area contributed by atoms with Crippen molar-refractivity contribution in [3.8, 4) is 5.75 Å². The van der Waals surface area contributed by atoms with Gasteiger partial charge in [-0.1, -0.05) is 42.5 Å². The van der Waals surface area contributed by atoms with Crippen molar-refractivity contribution in [3.05, 3.63) is 65.7 Å². The fourth-order valence-electron chi connectivity index (χ4n) is 2.84. The second kappa shape index (κ2) is 5.84. The van der Waals surface area contributed by atoms with E-state index in [1.54, 1.807) is 7.11 Å². The summed E-state index contributed by atoms with van der Waals surface area (Å²) in [5.74, 6) is 0.951. The van der Waals surface area contributed by atoms with Gasteiger partial charge in [-0.3, -0.25) is 4.79 Å². The highest BCUT2D eigenvalue weighted by Crippen LogP contribution is 2.48. The van der Waals surface area contributed by atoms with Gasteiger partial charge in [0.1, 0.15) is 5.75 Å². The van der Waals surface area contributed by atoms with Gasteiger partial charge in [0.25, 0.3) is 0 Å². The van der Waals surface area contributed by atoms with Crippen LogP contribution in [0.3, 0.4) is 0 Å². The molecule has 0 spiro atoms. The van der Waals surface area contributed by atoms with Gasteiger partial charge in [-0.2, -0.15) is 0 Å². The average molecular weight is 295 g/mol. The minimum atomic E-state index is -0.317. The molecule has 3 nitrogen and oxygen atoms in total. The van der Waals surface area contributed by atoms with Gasteiger partial charge in [-0.15, -0.1) is 0 Å². The molecule has 114 valence electrons. The molecule has 1 saturated carbocycles. The molecule has 1 N–H and O–H groups in total. The Morgan fingerprint density at radius 1 is 1.09 bits per heavy atom. The summed E-state index contributed by atoms with van der Waals surface area (Å²) in [4.78, 5) is 12.7. The third-order valence-electron chi connectivity index (χ3n) is 4.47. The molecule has 2 aromatic rings. The van der Waals surface area contributed by atoms with Gasteiger partial charge in [-0.05, 0) is 43.0 Å². The summed E-state index contributed by atoms with van der Waals surface area (Å²) in [6, 6.07) is 17.9. The SMILES string of the molecule is COc1ccc([C@H](C)NC(=O)C2(c3ccccc3)CC2)cc1. The molecule has 1 aliphatic carbocycles. The van der Waals surface area contributed by atoms with E-state index < -0.39 is 0 Å². The highest BCUT2D eigenvalue weighted by atomic mass is 16.5. The van der Waals surface area contributed by atoms with Gasteiger partial charge < -0.3 is 10.1 Å². The van der Waals surface area contributed by atoms with E-state index in [2.05, 4.69) is 5.32 Å². The van der Waals surface area contributed by atoms with Crippen molar-refractivity contribution in [3.63, 3.8) is 0 Å². The Balaban J connectivity index is 1.71. The first-order chi connectivity index (χ1) is 10.7. The smallest absolute Gasteiger partial charge is 0.231 e. The third kappa shape index (κ3) is 2.71. The largest absolute Gasteiger partial charge is 0.497 e. The lowest BCUT2D eigenvalue weighted by Crippen LogP contribution is -2.36. The monoisotopic (exact) mass is 295 g/mol. The lowest BCUT2D eigenvalue weighted by atomic mass is 9.94. The summed E-state index contributed by atoms with van der Waals surface area (Å²) >= 11 is 0. The Kier molecular flexibility index (Phi) is 3.88. The van der Waals surface area contributed by atoms with Crippen molar-refractivity contribution in [1.82, 2.24) is 5.32 Å². The first-order valence-electron chi connectivity index (χ1n) is 7.66. The van der Waals surface area contributed by atoms with Gasteiger partial charge in [0.05, 0.1) is 18.6 Å². The number of amides is 1. The predicted octanol–water partition coefficient (Wildman–Crippen LogP) is 3.60. The van der Waals surface area contributed by atoms with E-state index in [-0.39, 0.29) is 17.4 Å². The second-order valence-electron chi connectivity index (χ2n) is 5.92. The Labute approximate surface area is 131 Å². The highest BCUT2D eigenvalue weighted by molar-refractivity contribution is 5.91. The molecule has 3 rings (SSSR count). The van der Waals surface area contributed by atoms with Gasteiger partial charge in [0.15, 0.2) is 0 Å². The number of hydrogen-bond donors (Lipinski definition) is 1. The summed E-state index contributed by atoms with van der Waals surface area (Å²) < 4.78 is 5.16. The normalized spacial score (nSPS) is 16.6. The van der Waals surface area contributed by atoms with Crippen LogP contribution in [0.5, 0.6) is 5.75 Å². The van der Waals surface area contributed by atoms with Crippen molar-refractivity contribution in [2.45, 2.75) is 31.2 Å². The summed E-state index contributed by atoms with van der Waals surface area (Å²) in [5, 5.41) is 3.16. The Bertz CT molecular complexity index is 645. The fraction of sp³-hybridized carbons (Fsp3) is 0.316. The molecule has 0 unspecified atom stereocenters. The second-order valence-corrected chi connectivity index (χ2v) is 5.92. The van der Waals surface area contributed by atoms with E-state index >= 15 is 0 Å². The van der Waals surface area contributed by atoms with Crippen LogP contribution < -0.4 is 10.1 Å². The lowest BCUT2D eigenvalue weighted by molar-refractivity contribution is -0.124. The molecule has 0 saturated heterocycles. The molecule has 22 heavy (non-hydrogen) atoms. The first kappa shape index (κ1) is 14.6. The Morgan fingerprint density at radius 2 is 1.73 bits per heavy atom. The molecule has 1 fully saturated rings. The van der Waals surface area contributed by atoms with Gasteiger partial charge >= 0.3 is 0 Å². The third-order valence-corrected chi connectivity index (χ3v) is 4.47. The summed E-state index contributed by atoms with van der Waals surface area (Å²) in [6.45, 7) is 2.01. The molecule has 1 atom stereocenters. The van der Waals surface area contributed by atoms with Crippen molar-refractivity contribution in [2.24, 2.45) is 0 Å². The molecule has 0 aliphatic heterocycles. The molecule has 0 aromatic heterocycles. The minimum Gasteiger partial charge on any atom is -0.497 e. The molecule has 0 bridgehead atoms. The van der Waals surface area contributed by atoms with Crippen molar-refractivity contribution in [1.29, 1.82) is 0 Å². The van der Waals surface area contributed by atoms with E-state index in [1.165, 1.54) is 0 Å². The number of carbonyl (C=O) groups is 1. The fourth-order valence-corrected chi connectivity index (χ4v) is 2.84. The van der Waals surface area contributed by atoms with Crippen LogP contribution in [0.2, 0.25) is 0 Å². The maximum Gasteiger partial charge on any atom is 0.231 e. The summed E-state index contributed by atoms with van der Waals surface area (Å²) in [6.07, 6.45) is 1.86. The van der Waals surface area contributed by atoms with E-state index in [0.29, 0.717) is 0 Å². The highest BCUT2D eigenvalue weighted by Gasteiger charge is 2.51. The molecule has 0 radical (unpaired) electrons. The van der Waals surface area contributed by atoms with Crippen molar-refractivity contribution in [2.75, 3.05) is 7.11 Å². The molecular weight excluding hydrogens is 274 g/mol. The van der Waals surface area contributed by atoms with Crippen LogP contribution >= 0.6 is 0 Å². The lowest BCUT2D eigenvalue weighted by Gasteiger charge is -2.20. The van der Waals surface area contributed by atoms with Crippen molar-refractivity contribution >= 4 is 5.91 Å². The molecule has 1 aliphatic rings. The topological polar surface area (TPSA) is 38.3 Å². The molecule has 0 heterocycles. The zero-order chi connectivity index (χ0) is 15.6. The van der Waals surface area contributed by atoms with Crippen LogP contribution in [0.1, 0.15) is 36.9 Å². The van der Waals surface area contributed by atoms with Crippen LogP contribution in [-0.4, -0.2) is 13.0 Å². The van der Waals surface area contributed by atoms with Crippen LogP contribution in [0, 0.1) is 0 Å². The van der Waals surface area contributed by atoms with Crippen LogP contribution in [0.25, 0.3) is 0 Å². The van der Waals surface area contributed by atoms with Crippen LogP contribution in [0.15, 0.2) is 54.6 Å². The van der Waals surface area contributed by atoms with Gasteiger partial charge in [-0.25, -0.2) is 0 Å². The summed E-state index contributed by atoms with van der Waals surface area (Å²) in [7, 11) is 1.65. The zero-order valence-corrected chi connectivity index (χ0v) is 13.0. The average Bonchev–Trinajstić information content (AvgIpc) is 3.37. The number of hydrogen-bond acceptors (Lipinski definition) is 2. The van der Waals surface area contributed by atoms with Crippen LogP contribution in [-0.2, 0) is 10.2 Å². The molecular formula is C19H21NO2. The van der Waals surface area contributed by atoms with E-state index in [9.17, 15) is 4.79 Å². The number of benzene rings is 2. The standard InChI is InChI=1S/C19H21NO2/c1-14(15-8-10-17(22-2)11-9-15)20-18(21)19(12-13-19)16-6-4-3-5-7-16/h3-11,14H,12-13H2,1-2H3,(H,20,21)/t14-/m0/s1. The van der Waals surface area contributed by atoms with E-state index in [1.807, 2.05) is 61.5 Å². The maximum absolute atomic E-state index is 12.7. The number of nitrogens with one attached hydrogen (secondary N) is 1. The van der Waals surface area contributed by atoms with Gasteiger partial charge in [0.2, 0.25) is 5.91 Å². The maximum atomic E-state index is 12.7. The molecule has 2 aromatic carbocycles. The molecule has 1 amide bonds. The summed E-state index contributed by atoms with van der Waals surface area (Å²) in [5.41, 5.74) is 1.88. The Hall–Kier alpha value is -2.29. The zero-order valence-electron chi connectivity index (χ0n) is 13.0. The number of ether oxygens (including phenoxy) is 1. The number of carbonyl (C=O) groups excluding carboxylic acids is 1. The Morgan fingerprint density at radius 3 is 2.27 bits per heavy atom. The number of methoxy groups -OCH3 is 1. The van der Waals surface area contributed by atoms with E-state index in [4.69, 9.17) is 4.74 Å².